The Hall–Kier alpha value is -4.85. The molecule has 7 heteroatoms. The molecule has 2 aliphatic rings. The first-order valence-electron chi connectivity index (χ1n) is 11.8. The fourth-order valence-electron chi connectivity index (χ4n) is 5.92. The molecule has 0 unspecified atom stereocenters. The third-order valence-corrected chi connectivity index (χ3v) is 7.60. The number of nitriles is 4. The van der Waals surface area contributed by atoms with Crippen LogP contribution in [0, 0.1) is 62.1 Å². The number of fused-ring (bicyclic) bond motifs is 1. The van der Waals surface area contributed by atoms with Gasteiger partial charge in [0.25, 0.3) is 0 Å². The molecule has 0 amide bonds. The predicted octanol–water partition coefficient (Wildman–Crippen LogP) is 5.04. The Labute approximate surface area is 216 Å². The molecule has 37 heavy (non-hydrogen) atoms. The summed E-state index contributed by atoms with van der Waals surface area (Å²) in [6.07, 6.45) is 2.55. The Balaban J connectivity index is 2.15. The van der Waals surface area contributed by atoms with E-state index in [4.69, 9.17) is 9.47 Å². The summed E-state index contributed by atoms with van der Waals surface area (Å²) in [6.45, 7) is 0. The lowest BCUT2D eigenvalue weighted by atomic mass is 9.46. The monoisotopic (exact) mass is 488 g/mol. The number of carbonyl (C=O) groups excluding carboxylic acids is 1. The van der Waals surface area contributed by atoms with Crippen LogP contribution < -0.4 is 0 Å². The molecule has 2 aliphatic carbocycles. The van der Waals surface area contributed by atoms with E-state index in [1.165, 1.54) is 14.2 Å². The van der Waals surface area contributed by atoms with E-state index in [0.717, 1.165) is 5.57 Å². The minimum absolute atomic E-state index is 0.183. The Kier molecular flexibility index (Phi) is 6.84. The zero-order valence-electron chi connectivity index (χ0n) is 20.5. The zero-order chi connectivity index (χ0) is 26.6. The Morgan fingerprint density at radius 3 is 1.84 bits per heavy atom. The van der Waals surface area contributed by atoms with Crippen LogP contribution in [0.25, 0.3) is 0 Å². The Morgan fingerprint density at radius 2 is 1.35 bits per heavy atom. The maximum absolute atomic E-state index is 13.2. The highest BCUT2D eigenvalue weighted by atomic mass is 16.5. The highest BCUT2D eigenvalue weighted by Gasteiger charge is 2.68. The molecule has 2 aromatic rings. The van der Waals surface area contributed by atoms with Gasteiger partial charge in [-0.25, -0.2) is 4.79 Å². The van der Waals surface area contributed by atoms with E-state index in [1.54, 1.807) is 48.5 Å². The van der Waals surface area contributed by atoms with Crippen LogP contribution in [-0.4, -0.2) is 20.2 Å². The van der Waals surface area contributed by atoms with Crippen LogP contribution >= 0.6 is 0 Å². The van der Waals surface area contributed by atoms with E-state index in [-0.39, 0.29) is 5.57 Å². The average Bonchev–Trinajstić information content (AvgIpc) is 3.13. The number of ether oxygens (including phenoxy) is 2. The molecule has 7 nitrogen and oxygen atoms in total. The molecular weight excluding hydrogens is 464 g/mol. The van der Waals surface area contributed by atoms with Crippen LogP contribution in [0.15, 0.2) is 83.6 Å². The largest absolute Gasteiger partial charge is 0.501 e. The molecule has 0 aliphatic heterocycles. The molecule has 0 radical (unpaired) electrons. The number of hydrogen-bond acceptors (Lipinski definition) is 7. The van der Waals surface area contributed by atoms with Crippen LogP contribution in [0.3, 0.4) is 0 Å². The number of allylic oxidation sites excluding steroid dienone is 3. The average molecular weight is 489 g/mol. The normalized spacial score (nSPS) is 23.4. The molecule has 0 heterocycles. The van der Waals surface area contributed by atoms with Crippen molar-refractivity contribution in [1.82, 2.24) is 0 Å². The van der Waals surface area contributed by atoms with Crippen LogP contribution in [-0.2, 0) is 14.3 Å². The molecule has 182 valence electrons. The molecule has 4 rings (SSSR count). The van der Waals surface area contributed by atoms with Gasteiger partial charge in [0.05, 0.1) is 44.1 Å². The van der Waals surface area contributed by atoms with E-state index in [1.807, 2.05) is 18.2 Å². The first kappa shape index (κ1) is 25.2. The van der Waals surface area contributed by atoms with Crippen molar-refractivity contribution in [2.24, 2.45) is 16.7 Å². The molecule has 0 saturated heterocycles. The maximum Gasteiger partial charge on any atom is 0.337 e. The Morgan fingerprint density at radius 1 is 0.811 bits per heavy atom. The van der Waals surface area contributed by atoms with Gasteiger partial charge in [0, 0.05) is 24.2 Å². The van der Waals surface area contributed by atoms with Crippen molar-refractivity contribution in [2.75, 3.05) is 14.2 Å². The van der Waals surface area contributed by atoms with E-state index < -0.39 is 34.6 Å². The quantitative estimate of drug-likeness (QED) is 0.435. The zero-order valence-corrected chi connectivity index (χ0v) is 20.5. The smallest absolute Gasteiger partial charge is 0.337 e. The highest BCUT2D eigenvalue weighted by molar-refractivity contribution is 5.91. The SMILES string of the molecule is COC(=O)C1=C(OC)CCC2=C[C@@H](c3ccccc3)C(C#N)(C#N)C(C#N)(C#N)[C@H]2[C@@H]1c1ccccc1. The summed E-state index contributed by atoms with van der Waals surface area (Å²) < 4.78 is 10.8. The first-order chi connectivity index (χ1) is 18.0. The third-order valence-electron chi connectivity index (χ3n) is 7.60. The lowest BCUT2D eigenvalue weighted by molar-refractivity contribution is -0.137. The Bertz CT molecular complexity index is 1400. The van der Waals surface area contributed by atoms with Crippen molar-refractivity contribution in [3.63, 3.8) is 0 Å². The standard InChI is InChI=1S/C30H24N4O3/c1-36-24-14-13-22-15-23(20-9-5-3-6-10-20)29(16-31,17-32)30(18-33,19-34)27(22)25(26(24)28(35)37-2)21-11-7-4-8-12-21/h3-12,15,23,25,27H,13-14H2,1-2H3/t23-,25+,27+/m0/s1. The number of rotatable bonds is 4. The summed E-state index contributed by atoms with van der Waals surface area (Å²) in [5.41, 5.74) is -1.97. The van der Waals surface area contributed by atoms with Crippen molar-refractivity contribution in [1.29, 1.82) is 21.0 Å². The van der Waals surface area contributed by atoms with E-state index >= 15 is 0 Å². The number of carbonyl (C=O) groups is 1. The topological polar surface area (TPSA) is 131 Å². The van der Waals surface area contributed by atoms with Gasteiger partial charge in [-0.3, -0.25) is 0 Å². The van der Waals surface area contributed by atoms with Crippen molar-refractivity contribution < 1.29 is 14.3 Å². The second-order valence-electron chi connectivity index (χ2n) is 9.09. The number of benzene rings is 2. The minimum Gasteiger partial charge on any atom is -0.501 e. The fourth-order valence-corrected chi connectivity index (χ4v) is 5.92. The van der Waals surface area contributed by atoms with Gasteiger partial charge in [-0.05, 0) is 17.5 Å². The van der Waals surface area contributed by atoms with Crippen molar-refractivity contribution in [3.8, 4) is 24.3 Å². The van der Waals surface area contributed by atoms with Crippen LogP contribution in [0.5, 0.6) is 0 Å². The molecular formula is C30H24N4O3. The summed E-state index contributed by atoms with van der Waals surface area (Å²) in [4.78, 5) is 13.2. The summed E-state index contributed by atoms with van der Waals surface area (Å²) in [5.74, 6) is -2.95. The number of nitrogens with zero attached hydrogens (tertiary/aromatic N) is 4. The lowest BCUT2D eigenvalue weighted by Gasteiger charge is -2.48. The van der Waals surface area contributed by atoms with E-state index in [9.17, 15) is 25.8 Å². The van der Waals surface area contributed by atoms with Gasteiger partial charge < -0.3 is 9.47 Å². The van der Waals surface area contributed by atoms with Gasteiger partial charge in [-0.15, -0.1) is 0 Å². The number of methoxy groups -OCH3 is 2. The van der Waals surface area contributed by atoms with Gasteiger partial charge in [0.15, 0.2) is 10.8 Å². The third kappa shape index (κ3) is 3.65. The molecule has 0 saturated carbocycles. The van der Waals surface area contributed by atoms with E-state index in [0.29, 0.717) is 29.7 Å². The molecule has 0 bridgehead atoms. The van der Waals surface area contributed by atoms with E-state index in [2.05, 4.69) is 24.3 Å². The molecule has 0 aromatic heterocycles. The van der Waals surface area contributed by atoms with Gasteiger partial charge in [-0.2, -0.15) is 21.0 Å². The molecule has 0 spiro atoms. The van der Waals surface area contributed by atoms with Crippen LogP contribution in [0.2, 0.25) is 0 Å². The van der Waals surface area contributed by atoms with Crippen LogP contribution in [0.4, 0.5) is 0 Å². The molecule has 0 fully saturated rings. The second kappa shape index (κ2) is 10.0. The van der Waals surface area contributed by atoms with Crippen molar-refractivity contribution >= 4 is 5.97 Å². The maximum atomic E-state index is 13.2. The predicted molar refractivity (Wildman–Crippen MR) is 133 cm³/mol. The van der Waals surface area contributed by atoms with Gasteiger partial charge in [0.2, 0.25) is 0 Å². The summed E-state index contributed by atoms with van der Waals surface area (Å²) in [6, 6.07) is 26.5. The summed E-state index contributed by atoms with van der Waals surface area (Å²) >= 11 is 0. The lowest BCUT2D eigenvalue weighted by Crippen LogP contribution is -2.52. The van der Waals surface area contributed by atoms with Gasteiger partial charge in [-0.1, -0.05) is 72.3 Å². The molecule has 2 aromatic carbocycles. The summed E-state index contributed by atoms with van der Waals surface area (Å²) in [7, 11) is 2.72. The van der Waals surface area contributed by atoms with Gasteiger partial charge >= 0.3 is 5.97 Å². The van der Waals surface area contributed by atoms with Crippen LogP contribution in [0.1, 0.15) is 35.8 Å². The number of esters is 1. The van der Waals surface area contributed by atoms with Crippen molar-refractivity contribution in [3.05, 3.63) is 94.8 Å². The first-order valence-corrected chi connectivity index (χ1v) is 11.8. The second-order valence-corrected chi connectivity index (χ2v) is 9.09. The highest BCUT2D eigenvalue weighted by Crippen LogP contribution is 2.64. The molecule has 0 N–H and O–H groups in total. The summed E-state index contributed by atoms with van der Waals surface area (Å²) in [5, 5.41) is 42.6. The van der Waals surface area contributed by atoms with Gasteiger partial charge in [0.1, 0.15) is 5.76 Å². The fraction of sp³-hybridized carbons (Fsp3) is 0.300. The number of hydrogen-bond donors (Lipinski definition) is 0. The molecule has 3 atom stereocenters. The minimum atomic E-state index is -2.12. The van der Waals surface area contributed by atoms with Crippen molar-refractivity contribution in [2.45, 2.75) is 24.7 Å².